The van der Waals surface area contributed by atoms with Gasteiger partial charge in [-0.15, -0.1) is 0 Å². The zero-order valence-corrected chi connectivity index (χ0v) is 14.5. The number of hydrogen-bond donors (Lipinski definition) is 2. The van der Waals surface area contributed by atoms with Crippen molar-refractivity contribution in [3.63, 3.8) is 0 Å². The van der Waals surface area contributed by atoms with Crippen LogP contribution < -0.4 is 10.6 Å². The summed E-state index contributed by atoms with van der Waals surface area (Å²) in [5.41, 5.74) is 2.14. The molecule has 0 aliphatic heterocycles. The summed E-state index contributed by atoms with van der Waals surface area (Å²) in [5.74, 6) is 0. The van der Waals surface area contributed by atoms with Crippen molar-refractivity contribution in [2.24, 2.45) is 0 Å². The van der Waals surface area contributed by atoms with Gasteiger partial charge < -0.3 is 15.4 Å². The van der Waals surface area contributed by atoms with Gasteiger partial charge in [-0.1, -0.05) is 66.7 Å². The maximum atomic E-state index is 11.9. The lowest BCUT2D eigenvalue weighted by Gasteiger charge is -2.36. The lowest BCUT2D eigenvalue weighted by Crippen LogP contribution is -2.49. The summed E-state index contributed by atoms with van der Waals surface area (Å²) in [6.45, 7) is 0.303. The standard InChI is InChI=1S/C22H22N2O2/c25-22(26-15-16-7-2-1-3-8-16)24-19-13-18(14-19)23-21-12-6-10-17-9-4-5-11-20(17)21/h1-12,18-19,23H,13-15H2,(H,24,25). The molecule has 26 heavy (non-hydrogen) atoms. The van der Waals surface area contributed by atoms with Gasteiger partial charge in [0.1, 0.15) is 6.61 Å². The molecule has 4 heteroatoms. The summed E-state index contributed by atoms with van der Waals surface area (Å²) in [5, 5.41) is 8.99. The SMILES string of the molecule is O=C(NC1CC(Nc2cccc3ccccc23)C1)OCc1ccccc1. The number of benzene rings is 3. The van der Waals surface area contributed by atoms with Crippen molar-refractivity contribution in [1.29, 1.82) is 0 Å². The molecule has 132 valence electrons. The molecule has 0 aromatic heterocycles. The number of carbonyl (C=O) groups excluding carboxylic acids is 1. The number of hydrogen-bond acceptors (Lipinski definition) is 3. The molecule has 0 bridgehead atoms. The Kier molecular flexibility index (Phi) is 4.73. The van der Waals surface area contributed by atoms with Gasteiger partial charge in [0.05, 0.1) is 0 Å². The smallest absolute Gasteiger partial charge is 0.407 e. The van der Waals surface area contributed by atoms with Gasteiger partial charge in [0, 0.05) is 23.2 Å². The van der Waals surface area contributed by atoms with E-state index in [2.05, 4.69) is 53.1 Å². The van der Waals surface area contributed by atoms with Crippen LogP contribution in [0.3, 0.4) is 0 Å². The Balaban J connectivity index is 1.24. The van der Waals surface area contributed by atoms with Crippen molar-refractivity contribution in [1.82, 2.24) is 5.32 Å². The Bertz CT molecular complexity index is 884. The Morgan fingerprint density at radius 3 is 2.46 bits per heavy atom. The third kappa shape index (κ3) is 3.80. The van der Waals surface area contributed by atoms with E-state index in [1.54, 1.807) is 0 Å². The number of alkyl carbamates (subject to hydrolysis) is 1. The van der Waals surface area contributed by atoms with Crippen molar-refractivity contribution < 1.29 is 9.53 Å². The third-order valence-electron chi connectivity index (χ3n) is 4.82. The molecule has 0 spiro atoms. The lowest BCUT2D eigenvalue weighted by atomic mass is 9.86. The molecule has 0 radical (unpaired) electrons. The normalized spacial score (nSPS) is 18.8. The van der Waals surface area contributed by atoms with Crippen LogP contribution in [-0.2, 0) is 11.3 Å². The molecule has 1 saturated carbocycles. The first-order valence-electron chi connectivity index (χ1n) is 8.99. The number of nitrogens with one attached hydrogen (secondary N) is 2. The van der Waals surface area contributed by atoms with Gasteiger partial charge in [0.2, 0.25) is 0 Å². The molecule has 0 heterocycles. The van der Waals surface area contributed by atoms with E-state index in [-0.39, 0.29) is 12.1 Å². The fourth-order valence-electron chi connectivity index (χ4n) is 3.36. The molecule has 1 aliphatic rings. The number of rotatable bonds is 5. The van der Waals surface area contributed by atoms with Crippen LogP contribution in [-0.4, -0.2) is 18.2 Å². The monoisotopic (exact) mass is 346 g/mol. The molecule has 4 rings (SSSR count). The molecule has 1 aliphatic carbocycles. The van der Waals surface area contributed by atoms with Gasteiger partial charge in [-0.3, -0.25) is 0 Å². The van der Waals surface area contributed by atoms with Gasteiger partial charge in [-0.25, -0.2) is 4.79 Å². The summed E-state index contributed by atoms with van der Waals surface area (Å²) in [4.78, 5) is 11.9. The first kappa shape index (κ1) is 16.5. The van der Waals surface area contributed by atoms with Crippen molar-refractivity contribution >= 4 is 22.6 Å². The van der Waals surface area contributed by atoms with Crippen LogP contribution in [0.25, 0.3) is 10.8 Å². The number of anilines is 1. The summed E-state index contributed by atoms with van der Waals surface area (Å²) in [6.07, 6.45) is 1.47. The van der Waals surface area contributed by atoms with E-state index >= 15 is 0 Å². The maximum Gasteiger partial charge on any atom is 0.407 e. The molecule has 4 nitrogen and oxygen atoms in total. The topological polar surface area (TPSA) is 50.4 Å². The highest BCUT2D eigenvalue weighted by Crippen LogP contribution is 2.29. The average molecular weight is 346 g/mol. The van der Waals surface area contributed by atoms with E-state index in [1.807, 2.05) is 30.3 Å². The van der Waals surface area contributed by atoms with Gasteiger partial charge in [-0.05, 0) is 29.9 Å². The van der Waals surface area contributed by atoms with Crippen LogP contribution in [0, 0.1) is 0 Å². The maximum absolute atomic E-state index is 11.9. The highest BCUT2D eigenvalue weighted by atomic mass is 16.5. The first-order valence-corrected chi connectivity index (χ1v) is 8.99. The van der Waals surface area contributed by atoms with Crippen LogP contribution in [0.1, 0.15) is 18.4 Å². The van der Waals surface area contributed by atoms with Gasteiger partial charge in [0.25, 0.3) is 0 Å². The Morgan fingerprint density at radius 2 is 1.62 bits per heavy atom. The highest BCUT2D eigenvalue weighted by Gasteiger charge is 2.30. The summed E-state index contributed by atoms with van der Waals surface area (Å²) in [6, 6.07) is 24.9. The largest absolute Gasteiger partial charge is 0.445 e. The third-order valence-corrected chi connectivity index (χ3v) is 4.82. The fourth-order valence-corrected chi connectivity index (χ4v) is 3.36. The second-order valence-electron chi connectivity index (χ2n) is 6.74. The second kappa shape index (κ2) is 7.48. The molecular weight excluding hydrogens is 324 g/mol. The minimum atomic E-state index is -0.345. The predicted octanol–water partition coefficient (Wildman–Crippen LogP) is 4.71. The van der Waals surface area contributed by atoms with Crippen LogP contribution in [0.4, 0.5) is 10.5 Å². The number of amides is 1. The molecule has 3 aromatic rings. The first-order chi connectivity index (χ1) is 12.8. The molecular formula is C22H22N2O2. The molecule has 1 amide bonds. The van der Waals surface area contributed by atoms with Crippen molar-refractivity contribution in [3.05, 3.63) is 78.4 Å². The molecule has 3 aromatic carbocycles. The number of fused-ring (bicyclic) bond motifs is 1. The van der Waals surface area contributed by atoms with Crippen molar-refractivity contribution in [2.45, 2.75) is 31.5 Å². The highest BCUT2D eigenvalue weighted by molar-refractivity contribution is 5.93. The number of ether oxygens (including phenoxy) is 1. The molecule has 0 saturated heterocycles. The van der Waals surface area contributed by atoms with Crippen molar-refractivity contribution in [3.8, 4) is 0 Å². The summed E-state index contributed by atoms with van der Waals surface area (Å²) in [7, 11) is 0. The minimum Gasteiger partial charge on any atom is -0.445 e. The van der Waals surface area contributed by atoms with E-state index < -0.39 is 0 Å². The van der Waals surface area contributed by atoms with Gasteiger partial charge >= 0.3 is 6.09 Å². The number of carbonyl (C=O) groups is 1. The Morgan fingerprint density at radius 1 is 0.885 bits per heavy atom. The van der Waals surface area contributed by atoms with Crippen LogP contribution in [0.15, 0.2) is 72.8 Å². The zero-order chi connectivity index (χ0) is 17.8. The van der Waals surface area contributed by atoms with Crippen LogP contribution >= 0.6 is 0 Å². The van der Waals surface area contributed by atoms with E-state index in [4.69, 9.17) is 4.74 Å². The van der Waals surface area contributed by atoms with E-state index in [0.717, 1.165) is 24.1 Å². The quantitative estimate of drug-likeness (QED) is 0.703. The van der Waals surface area contributed by atoms with Crippen molar-refractivity contribution in [2.75, 3.05) is 5.32 Å². The lowest BCUT2D eigenvalue weighted by molar-refractivity contribution is 0.129. The van der Waals surface area contributed by atoms with E-state index in [9.17, 15) is 4.79 Å². The van der Waals surface area contributed by atoms with Gasteiger partial charge in [-0.2, -0.15) is 0 Å². The van der Waals surface area contributed by atoms with Gasteiger partial charge in [0.15, 0.2) is 0 Å². The average Bonchev–Trinajstić information content (AvgIpc) is 2.65. The van der Waals surface area contributed by atoms with E-state index in [0.29, 0.717) is 12.6 Å². The minimum absolute atomic E-state index is 0.172. The zero-order valence-electron chi connectivity index (χ0n) is 14.5. The Labute approximate surface area is 153 Å². The fraction of sp³-hybridized carbons (Fsp3) is 0.227. The second-order valence-corrected chi connectivity index (χ2v) is 6.74. The van der Waals surface area contributed by atoms with Crippen LogP contribution in [0.2, 0.25) is 0 Å². The summed E-state index contributed by atoms with van der Waals surface area (Å²) < 4.78 is 5.28. The molecule has 0 unspecified atom stereocenters. The Hall–Kier alpha value is -3.01. The molecule has 1 fully saturated rings. The van der Waals surface area contributed by atoms with Crippen LogP contribution in [0.5, 0.6) is 0 Å². The van der Waals surface area contributed by atoms with E-state index in [1.165, 1.54) is 10.8 Å². The predicted molar refractivity (Wildman–Crippen MR) is 104 cm³/mol. The summed E-state index contributed by atoms with van der Waals surface area (Å²) >= 11 is 0. The molecule has 2 N–H and O–H groups in total. The molecule has 0 atom stereocenters.